The van der Waals surface area contributed by atoms with E-state index >= 15 is 0 Å². The fraction of sp³-hybridized carbons (Fsp3) is 0.333. The number of benzene rings is 1. The van der Waals surface area contributed by atoms with Gasteiger partial charge in [0.2, 0.25) is 0 Å². The van der Waals surface area contributed by atoms with Crippen LogP contribution in [0.2, 0.25) is 0 Å². The third-order valence-corrected chi connectivity index (χ3v) is 3.16. The van der Waals surface area contributed by atoms with Crippen LogP contribution in [0.4, 0.5) is 0 Å². The van der Waals surface area contributed by atoms with E-state index in [1.807, 2.05) is 36.9 Å². The van der Waals surface area contributed by atoms with Crippen molar-refractivity contribution >= 4 is 15.9 Å². The summed E-state index contributed by atoms with van der Waals surface area (Å²) in [5, 5.41) is 10.9. The first-order chi connectivity index (χ1) is 8.70. The van der Waals surface area contributed by atoms with Crippen LogP contribution in [0.1, 0.15) is 11.4 Å². The van der Waals surface area contributed by atoms with Gasteiger partial charge in [-0.3, -0.25) is 0 Å². The molecule has 96 valence electrons. The number of nitrogens with one attached hydrogen (secondary N) is 1. The Labute approximate surface area is 114 Å². The van der Waals surface area contributed by atoms with E-state index in [0.717, 1.165) is 22.6 Å². The number of halogens is 1. The van der Waals surface area contributed by atoms with Gasteiger partial charge < -0.3 is 14.6 Å². The number of aromatic nitrogens is 3. The van der Waals surface area contributed by atoms with Crippen LogP contribution < -0.4 is 10.1 Å². The largest absolute Gasteiger partial charge is 0.484 e. The fourth-order valence-electron chi connectivity index (χ4n) is 1.56. The Bertz CT molecular complexity index is 527. The first kappa shape index (κ1) is 13.0. The minimum absolute atomic E-state index is 0.403. The third kappa shape index (κ3) is 3.08. The topological polar surface area (TPSA) is 52.0 Å². The molecular weight excluding hydrogens is 296 g/mol. The first-order valence-electron chi connectivity index (χ1n) is 5.59. The van der Waals surface area contributed by atoms with E-state index in [-0.39, 0.29) is 0 Å². The lowest BCUT2D eigenvalue weighted by Crippen LogP contribution is -2.06. The van der Waals surface area contributed by atoms with Crippen LogP contribution in [-0.4, -0.2) is 21.8 Å². The van der Waals surface area contributed by atoms with Crippen molar-refractivity contribution in [1.82, 2.24) is 20.1 Å². The van der Waals surface area contributed by atoms with Gasteiger partial charge in [-0.05, 0) is 40.7 Å². The summed E-state index contributed by atoms with van der Waals surface area (Å²) in [6, 6.07) is 6.03. The van der Waals surface area contributed by atoms with Crippen LogP contribution in [0.3, 0.4) is 0 Å². The third-order valence-electron chi connectivity index (χ3n) is 2.54. The molecule has 5 nitrogen and oxygen atoms in total. The highest BCUT2D eigenvalue weighted by atomic mass is 79.9. The van der Waals surface area contributed by atoms with Gasteiger partial charge in [0.15, 0.2) is 5.82 Å². The maximum absolute atomic E-state index is 5.70. The molecule has 0 spiro atoms. The highest BCUT2D eigenvalue weighted by molar-refractivity contribution is 9.10. The van der Waals surface area contributed by atoms with E-state index in [2.05, 4.69) is 31.4 Å². The number of aryl methyl sites for hydroxylation is 1. The predicted molar refractivity (Wildman–Crippen MR) is 72.2 cm³/mol. The number of hydrogen-bond donors (Lipinski definition) is 1. The van der Waals surface area contributed by atoms with Crippen LogP contribution in [0, 0.1) is 0 Å². The summed E-state index contributed by atoms with van der Waals surface area (Å²) in [4.78, 5) is 0. The molecule has 0 bridgehead atoms. The quantitative estimate of drug-likeness (QED) is 0.916. The second kappa shape index (κ2) is 5.97. The SMILES string of the molecule is CNCc1ccc(OCc2nncn2C)c(Br)c1. The minimum Gasteiger partial charge on any atom is -0.484 e. The molecular formula is C12H15BrN4O. The molecule has 0 amide bonds. The van der Waals surface area contributed by atoms with Gasteiger partial charge in [0.05, 0.1) is 4.47 Å². The van der Waals surface area contributed by atoms with Gasteiger partial charge in [0.25, 0.3) is 0 Å². The summed E-state index contributed by atoms with van der Waals surface area (Å²) in [5.41, 5.74) is 1.20. The van der Waals surface area contributed by atoms with Gasteiger partial charge in [0, 0.05) is 13.6 Å². The molecule has 1 aromatic carbocycles. The first-order valence-corrected chi connectivity index (χ1v) is 6.38. The molecule has 6 heteroatoms. The number of ether oxygens (including phenoxy) is 1. The molecule has 1 aromatic heterocycles. The van der Waals surface area contributed by atoms with Crippen LogP contribution in [0.15, 0.2) is 29.0 Å². The van der Waals surface area contributed by atoms with Crippen molar-refractivity contribution in [3.63, 3.8) is 0 Å². The van der Waals surface area contributed by atoms with E-state index in [1.54, 1.807) is 6.33 Å². The fourth-order valence-corrected chi connectivity index (χ4v) is 2.10. The average Bonchev–Trinajstić information content (AvgIpc) is 2.74. The number of hydrogen-bond acceptors (Lipinski definition) is 4. The molecule has 0 radical (unpaired) electrons. The molecule has 0 saturated carbocycles. The Morgan fingerprint density at radius 1 is 1.44 bits per heavy atom. The molecule has 18 heavy (non-hydrogen) atoms. The Morgan fingerprint density at radius 2 is 2.28 bits per heavy atom. The van der Waals surface area contributed by atoms with E-state index in [0.29, 0.717) is 6.61 Å². The molecule has 0 unspecified atom stereocenters. The molecule has 0 fully saturated rings. The summed E-state index contributed by atoms with van der Waals surface area (Å²) >= 11 is 3.50. The van der Waals surface area contributed by atoms with E-state index < -0.39 is 0 Å². The smallest absolute Gasteiger partial charge is 0.170 e. The summed E-state index contributed by atoms with van der Waals surface area (Å²) in [6.07, 6.45) is 1.66. The van der Waals surface area contributed by atoms with Gasteiger partial charge in [-0.25, -0.2) is 0 Å². The zero-order valence-electron chi connectivity index (χ0n) is 10.4. The second-order valence-corrected chi connectivity index (χ2v) is 4.80. The van der Waals surface area contributed by atoms with Crippen molar-refractivity contribution in [3.8, 4) is 5.75 Å². The zero-order valence-corrected chi connectivity index (χ0v) is 11.9. The average molecular weight is 311 g/mol. The molecule has 0 aliphatic rings. The van der Waals surface area contributed by atoms with E-state index in [1.165, 1.54) is 5.56 Å². The van der Waals surface area contributed by atoms with Crippen molar-refractivity contribution in [2.75, 3.05) is 7.05 Å². The monoisotopic (exact) mass is 310 g/mol. The Balaban J connectivity index is 2.03. The van der Waals surface area contributed by atoms with Crippen LogP contribution in [0.5, 0.6) is 5.75 Å². The molecule has 0 aliphatic carbocycles. The lowest BCUT2D eigenvalue weighted by atomic mass is 10.2. The van der Waals surface area contributed by atoms with Gasteiger partial charge in [-0.1, -0.05) is 6.07 Å². The van der Waals surface area contributed by atoms with Crippen LogP contribution >= 0.6 is 15.9 Å². The van der Waals surface area contributed by atoms with Crippen molar-refractivity contribution in [1.29, 1.82) is 0 Å². The molecule has 0 saturated heterocycles. The van der Waals surface area contributed by atoms with Gasteiger partial charge >= 0.3 is 0 Å². The standard InChI is InChI=1S/C12H15BrN4O/c1-14-6-9-3-4-11(10(13)5-9)18-7-12-16-15-8-17(12)2/h3-5,8,14H,6-7H2,1-2H3. The minimum atomic E-state index is 0.403. The zero-order chi connectivity index (χ0) is 13.0. The highest BCUT2D eigenvalue weighted by Gasteiger charge is 2.05. The molecule has 1 N–H and O–H groups in total. The Hall–Kier alpha value is -1.40. The van der Waals surface area contributed by atoms with Crippen molar-refractivity contribution in [3.05, 3.63) is 40.4 Å². The van der Waals surface area contributed by atoms with Crippen molar-refractivity contribution < 1.29 is 4.74 Å². The van der Waals surface area contributed by atoms with Gasteiger partial charge in [-0.2, -0.15) is 0 Å². The second-order valence-electron chi connectivity index (χ2n) is 3.94. The lowest BCUT2D eigenvalue weighted by Gasteiger charge is -2.09. The van der Waals surface area contributed by atoms with Gasteiger partial charge in [-0.15, -0.1) is 10.2 Å². The molecule has 1 heterocycles. The molecule has 2 rings (SSSR count). The number of nitrogens with zero attached hydrogens (tertiary/aromatic N) is 3. The number of rotatable bonds is 5. The van der Waals surface area contributed by atoms with E-state index in [9.17, 15) is 0 Å². The maximum Gasteiger partial charge on any atom is 0.170 e. The molecule has 0 atom stereocenters. The predicted octanol–water partition coefficient (Wildman–Crippen LogP) is 1.88. The maximum atomic E-state index is 5.70. The van der Waals surface area contributed by atoms with Gasteiger partial charge in [0.1, 0.15) is 18.7 Å². The summed E-state index contributed by atoms with van der Waals surface area (Å²) in [6.45, 7) is 1.24. The molecule has 2 aromatic rings. The summed E-state index contributed by atoms with van der Waals surface area (Å²) < 4.78 is 8.48. The normalized spacial score (nSPS) is 10.6. The Morgan fingerprint density at radius 3 is 2.89 bits per heavy atom. The van der Waals surface area contributed by atoms with Crippen molar-refractivity contribution in [2.45, 2.75) is 13.2 Å². The van der Waals surface area contributed by atoms with Crippen LogP contribution in [-0.2, 0) is 20.2 Å². The van der Waals surface area contributed by atoms with Crippen molar-refractivity contribution in [2.24, 2.45) is 7.05 Å². The van der Waals surface area contributed by atoms with Crippen LogP contribution in [0.25, 0.3) is 0 Å². The summed E-state index contributed by atoms with van der Waals surface area (Å²) in [7, 11) is 3.82. The Kier molecular flexibility index (Phi) is 4.33. The molecule has 0 aliphatic heterocycles. The lowest BCUT2D eigenvalue weighted by molar-refractivity contribution is 0.289. The highest BCUT2D eigenvalue weighted by Crippen LogP contribution is 2.26. The van der Waals surface area contributed by atoms with E-state index in [4.69, 9.17) is 4.74 Å². The summed E-state index contributed by atoms with van der Waals surface area (Å²) in [5.74, 6) is 1.60.